The second-order valence-corrected chi connectivity index (χ2v) is 4.81. The van der Waals surface area contributed by atoms with Gasteiger partial charge in [0.1, 0.15) is 5.82 Å². The second-order valence-electron chi connectivity index (χ2n) is 4.81. The summed E-state index contributed by atoms with van der Waals surface area (Å²) in [5, 5.41) is 5.63. The number of H-pyrrole nitrogens is 1. The molecule has 0 bridgehead atoms. The van der Waals surface area contributed by atoms with Crippen LogP contribution in [0.5, 0.6) is 0 Å². The van der Waals surface area contributed by atoms with E-state index in [9.17, 15) is 4.79 Å². The first-order valence-corrected chi connectivity index (χ1v) is 7.00. The molecule has 0 aliphatic heterocycles. The molecule has 0 spiro atoms. The number of aromatic amines is 1. The average Bonchev–Trinajstić information content (AvgIpc) is 3.09. The summed E-state index contributed by atoms with van der Waals surface area (Å²) < 4.78 is 0. The standard InChI is InChI=1S/C17H16N4O/c22-17(20-12-13-4-2-1-3-5-13)21-15-8-6-14(7-9-15)16-18-10-11-19-16/h1-11H,12H2,(H,18,19)(H2,20,21,22). The number of carbonyl (C=O) groups is 1. The predicted octanol–water partition coefficient (Wildman–Crippen LogP) is 3.40. The number of nitrogens with one attached hydrogen (secondary N) is 3. The van der Waals surface area contributed by atoms with E-state index in [1.165, 1.54) is 0 Å². The molecule has 22 heavy (non-hydrogen) atoms. The van der Waals surface area contributed by atoms with Crippen molar-refractivity contribution in [2.45, 2.75) is 6.54 Å². The predicted molar refractivity (Wildman–Crippen MR) is 86.3 cm³/mol. The van der Waals surface area contributed by atoms with Crippen LogP contribution in [0.2, 0.25) is 0 Å². The van der Waals surface area contributed by atoms with Crippen molar-refractivity contribution < 1.29 is 4.79 Å². The fourth-order valence-electron chi connectivity index (χ4n) is 2.09. The monoisotopic (exact) mass is 292 g/mol. The smallest absolute Gasteiger partial charge is 0.319 e. The van der Waals surface area contributed by atoms with Gasteiger partial charge in [-0.2, -0.15) is 0 Å². The Morgan fingerprint density at radius 2 is 1.82 bits per heavy atom. The van der Waals surface area contributed by atoms with Crippen LogP contribution in [-0.2, 0) is 6.54 Å². The molecule has 2 amide bonds. The minimum Gasteiger partial charge on any atom is -0.345 e. The van der Waals surface area contributed by atoms with Gasteiger partial charge in [-0.25, -0.2) is 9.78 Å². The molecule has 0 aliphatic carbocycles. The maximum atomic E-state index is 11.9. The van der Waals surface area contributed by atoms with Gasteiger partial charge in [0.2, 0.25) is 0 Å². The molecular formula is C17H16N4O. The first-order valence-electron chi connectivity index (χ1n) is 7.00. The molecule has 3 N–H and O–H groups in total. The number of aromatic nitrogens is 2. The van der Waals surface area contributed by atoms with Crippen LogP contribution in [0.1, 0.15) is 5.56 Å². The van der Waals surface area contributed by atoms with E-state index >= 15 is 0 Å². The van der Waals surface area contributed by atoms with E-state index in [0.29, 0.717) is 6.54 Å². The van der Waals surface area contributed by atoms with Crippen LogP contribution in [0.15, 0.2) is 67.0 Å². The van der Waals surface area contributed by atoms with Gasteiger partial charge in [0.25, 0.3) is 0 Å². The lowest BCUT2D eigenvalue weighted by Gasteiger charge is -2.08. The summed E-state index contributed by atoms with van der Waals surface area (Å²) in [6.07, 6.45) is 3.48. The normalized spacial score (nSPS) is 10.2. The molecule has 0 saturated heterocycles. The van der Waals surface area contributed by atoms with E-state index in [2.05, 4.69) is 20.6 Å². The number of carbonyl (C=O) groups excluding carboxylic acids is 1. The van der Waals surface area contributed by atoms with Crippen molar-refractivity contribution in [1.29, 1.82) is 0 Å². The summed E-state index contributed by atoms with van der Waals surface area (Å²) in [6, 6.07) is 17.1. The van der Waals surface area contributed by atoms with Crippen LogP contribution in [0.25, 0.3) is 11.4 Å². The lowest BCUT2D eigenvalue weighted by molar-refractivity contribution is 0.251. The molecule has 5 nitrogen and oxygen atoms in total. The lowest BCUT2D eigenvalue weighted by atomic mass is 10.2. The number of anilines is 1. The first kappa shape index (κ1) is 13.9. The van der Waals surface area contributed by atoms with Crippen LogP contribution in [0.3, 0.4) is 0 Å². The summed E-state index contributed by atoms with van der Waals surface area (Å²) in [6.45, 7) is 0.497. The number of rotatable bonds is 4. The van der Waals surface area contributed by atoms with E-state index in [-0.39, 0.29) is 6.03 Å². The zero-order valence-electron chi connectivity index (χ0n) is 11.9. The van der Waals surface area contributed by atoms with Gasteiger partial charge in [-0.3, -0.25) is 0 Å². The van der Waals surface area contributed by atoms with Gasteiger partial charge in [-0.1, -0.05) is 30.3 Å². The van der Waals surface area contributed by atoms with Gasteiger partial charge in [0.15, 0.2) is 0 Å². The zero-order chi connectivity index (χ0) is 15.2. The van der Waals surface area contributed by atoms with Crippen LogP contribution >= 0.6 is 0 Å². The zero-order valence-corrected chi connectivity index (χ0v) is 11.9. The van der Waals surface area contributed by atoms with Gasteiger partial charge in [0, 0.05) is 30.2 Å². The summed E-state index contributed by atoms with van der Waals surface area (Å²) in [5.41, 5.74) is 2.77. The quantitative estimate of drug-likeness (QED) is 0.689. The molecule has 3 aromatic rings. The van der Waals surface area contributed by atoms with Crippen molar-refractivity contribution in [2.24, 2.45) is 0 Å². The minimum absolute atomic E-state index is 0.227. The van der Waals surface area contributed by atoms with Gasteiger partial charge in [0.05, 0.1) is 0 Å². The molecule has 0 radical (unpaired) electrons. The minimum atomic E-state index is -0.227. The SMILES string of the molecule is O=C(NCc1ccccc1)Nc1ccc(-c2ncc[nH]2)cc1. The molecule has 3 rings (SSSR count). The van der Waals surface area contributed by atoms with Crippen LogP contribution in [0, 0.1) is 0 Å². The molecule has 0 fully saturated rings. The third-order valence-corrected chi connectivity index (χ3v) is 3.21. The van der Waals surface area contributed by atoms with Crippen LogP contribution in [-0.4, -0.2) is 16.0 Å². The molecular weight excluding hydrogens is 276 g/mol. The fraction of sp³-hybridized carbons (Fsp3) is 0.0588. The van der Waals surface area contributed by atoms with E-state index in [0.717, 1.165) is 22.6 Å². The number of imidazole rings is 1. The van der Waals surface area contributed by atoms with Crippen molar-refractivity contribution in [2.75, 3.05) is 5.32 Å². The number of nitrogens with zero attached hydrogens (tertiary/aromatic N) is 1. The van der Waals surface area contributed by atoms with Crippen LogP contribution in [0.4, 0.5) is 10.5 Å². The van der Waals surface area contributed by atoms with Crippen molar-refractivity contribution in [3.05, 3.63) is 72.6 Å². The Hall–Kier alpha value is -3.08. The Morgan fingerprint density at radius 1 is 1.05 bits per heavy atom. The van der Waals surface area contributed by atoms with Crippen molar-refractivity contribution in [3.63, 3.8) is 0 Å². The summed E-state index contributed by atoms with van der Waals surface area (Å²) >= 11 is 0. The Balaban J connectivity index is 1.55. The first-order chi connectivity index (χ1) is 10.8. The molecule has 1 aromatic heterocycles. The molecule has 0 saturated carbocycles. The highest BCUT2D eigenvalue weighted by Gasteiger charge is 2.03. The molecule has 0 atom stereocenters. The van der Waals surface area contributed by atoms with E-state index in [1.807, 2.05) is 54.6 Å². The molecule has 0 aliphatic rings. The number of hydrogen-bond acceptors (Lipinski definition) is 2. The van der Waals surface area contributed by atoms with Crippen molar-refractivity contribution in [3.8, 4) is 11.4 Å². The van der Waals surface area contributed by atoms with E-state index < -0.39 is 0 Å². The number of hydrogen-bond donors (Lipinski definition) is 3. The number of amides is 2. The third-order valence-electron chi connectivity index (χ3n) is 3.21. The summed E-state index contributed by atoms with van der Waals surface area (Å²) in [7, 11) is 0. The Bertz CT molecular complexity index is 721. The Kier molecular flexibility index (Phi) is 4.15. The number of urea groups is 1. The topological polar surface area (TPSA) is 69.8 Å². The molecule has 110 valence electrons. The largest absolute Gasteiger partial charge is 0.345 e. The van der Waals surface area contributed by atoms with E-state index in [1.54, 1.807) is 12.4 Å². The molecule has 5 heteroatoms. The Labute approximate surface area is 128 Å². The lowest BCUT2D eigenvalue weighted by Crippen LogP contribution is -2.28. The van der Waals surface area contributed by atoms with E-state index in [4.69, 9.17) is 0 Å². The molecule has 0 unspecified atom stereocenters. The highest BCUT2D eigenvalue weighted by atomic mass is 16.2. The maximum absolute atomic E-state index is 11.9. The summed E-state index contributed by atoms with van der Waals surface area (Å²) in [4.78, 5) is 19.1. The van der Waals surface area contributed by atoms with Crippen molar-refractivity contribution >= 4 is 11.7 Å². The van der Waals surface area contributed by atoms with Crippen molar-refractivity contribution in [1.82, 2.24) is 15.3 Å². The van der Waals surface area contributed by atoms with Gasteiger partial charge < -0.3 is 15.6 Å². The average molecular weight is 292 g/mol. The summed E-state index contributed by atoms with van der Waals surface area (Å²) in [5.74, 6) is 0.806. The fourth-order valence-corrected chi connectivity index (χ4v) is 2.09. The second kappa shape index (κ2) is 6.58. The van der Waals surface area contributed by atoms with Gasteiger partial charge in [-0.05, 0) is 29.8 Å². The third kappa shape index (κ3) is 3.52. The Morgan fingerprint density at radius 3 is 2.50 bits per heavy atom. The highest BCUT2D eigenvalue weighted by molar-refractivity contribution is 5.89. The number of benzene rings is 2. The van der Waals surface area contributed by atoms with Gasteiger partial charge >= 0.3 is 6.03 Å². The highest BCUT2D eigenvalue weighted by Crippen LogP contribution is 2.17. The van der Waals surface area contributed by atoms with Crippen LogP contribution < -0.4 is 10.6 Å². The maximum Gasteiger partial charge on any atom is 0.319 e. The molecule has 2 aromatic carbocycles. The molecule has 1 heterocycles. The van der Waals surface area contributed by atoms with Gasteiger partial charge in [-0.15, -0.1) is 0 Å².